The molecule has 0 aliphatic heterocycles. The fraction of sp³-hybridized carbons (Fsp3) is 0.440. The minimum Gasteiger partial charge on any atom is -0.493 e. The molecule has 2 amide bonds. The summed E-state index contributed by atoms with van der Waals surface area (Å²) >= 11 is 0. The van der Waals surface area contributed by atoms with Gasteiger partial charge < -0.3 is 19.7 Å². The third kappa shape index (κ3) is 7.02. The SMILES string of the molecule is CC[C@H](C)NC(=O)[C@H](C)N(Cc1ccccc1)C(=O)CCc1ccc(OC)c(OC)c1. The van der Waals surface area contributed by atoms with Crippen molar-refractivity contribution < 1.29 is 19.1 Å². The van der Waals surface area contributed by atoms with E-state index in [-0.39, 0.29) is 17.9 Å². The van der Waals surface area contributed by atoms with Crippen LogP contribution in [-0.2, 0) is 22.6 Å². The van der Waals surface area contributed by atoms with Crippen molar-refractivity contribution in [3.63, 3.8) is 0 Å². The standard InChI is InChI=1S/C25H34N2O4/c1-6-18(2)26-25(29)19(3)27(17-21-10-8-7-9-11-21)24(28)15-13-20-12-14-22(30-4)23(16-20)31-5/h7-12,14,16,18-19H,6,13,15,17H2,1-5H3,(H,26,29)/t18-,19-/m0/s1. The molecule has 2 aromatic rings. The summed E-state index contributed by atoms with van der Waals surface area (Å²) in [5, 5.41) is 2.99. The lowest BCUT2D eigenvalue weighted by Gasteiger charge is -2.30. The topological polar surface area (TPSA) is 67.9 Å². The van der Waals surface area contributed by atoms with E-state index >= 15 is 0 Å². The molecule has 6 heteroatoms. The summed E-state index contributed by atoms with van der Waals surface area (Å²) in [6.07, 6.45) is 1.68. The van der Waals surface area contributed by atoms with E-state index in [1.54, 1.807) is 26.0 Å². The molecule has 2 rings (SSSR count). The van der Waals surface area contributed by atoms with Crippen LogP contribution in [0.25, 0.3) is 0 Å². The molecule has 0 radical (unpaired) electrons. The molecule has 0 fully saturated rings. The molecule has 1 N–H and O–H groups in total. The summed E-state index contributed by atoms with van der Waals surface area (Å²) in [6, 6.07) is 14.9. The van der Waals surface area contributed by atoms with Crippen LogP contribution < -0.4 is 14.8 Å². The highest BCUT2D eigenvalue weighted by atomic mass is 16.5. The molecule has 2 atom stereocenters. The first-order chi connectivity index (χ1) is 14.9. The van der Waals surface area contributed by atoms with E-state index in [4.69, 9.17) is 9.47 Å². The number of carbonyl (C=O) groups excluding carboxylic acids is 2. The van der Waals surface area contributed by atoms with E-state index in [2.05, 4.69) is 5.32 Å². The zero-order chi connectivity index (χ0) is 22.8. The lowest BCUT2D eigenvalue weighted by Crippen LogP contribution is -2.49. The number of amides is 2. The van der Waals surface area contributed by atoms with Crippen LogP contribution in [-0.4, -0.2) is 43.0 Å². The molecule has 2 aromatic carbocycles. The van der Waals surface area contributed by atoms with Gasteiger partial charge in [-0.2, -0.15) is 0 Å². The highest BCUT2D eigenvalue weighted by Gasteiger charge is 2.26. The van der Waals surface area contributed by atoms with Crippen LogP contribution in [0, 0.1) is 0 Å². The average molecular weight is 427 g/mol. The monoisotopic (exact) mass is 426 g/mol. The number of rotatable bonds is 11. The Bertz CT molecular complexity index is 854. The number of aryl methyl sites for hydroxylation is 1. The Morgan fingerprint density at radius 2 is 1.65 bits per heavy atom. The number of benzene rings is 2. The van der Waals surface area contributed by atoms with Crippen molar-refractivity contribution in [1.82, 2.24) is 10.2 Å². The quantitative estimate of drug-likeness (QED) is 0.590. The van der Waals surface area contributed by atoms with E-state index in [1.165, 1.54) is 0 Å². The van der Waals surface area contributed by atoms with Gasteiger partial charge in [0, 0.05) is 19.0 Å². The predicted octanol–water partition coefficient (Wildman–Crippen LogP) is 3.97. The van der Waals surface area contributed by atoms with Gasteiger partial charge in [0.15, 0.2) is 11.5 Å². The van der Waals surface area contributed by atoms with Gasteiger partial charge in [-0.1, -0.05) is 43.3 Å². The van der Waals surface area contributed by atoms with E-state index in [9.17, 15) is 9.59 Å². The number of hydrogen-bond acceptors (Lipinski definition) is 4. The molecular formula is C25H34N2O4. The summed E-state index contributed by atoms with van der Waals surface area (Å²) in [5.41, 5.74) is 1.97. The minimum absolute atomic E-state index is 0.0644. The largest absolute Gasteiger partial charge is 0.493 e. The molecule has 0 unspecified atom stereocenters. The van der Waals surface area contributed by atoms with Gasteiger partial charge in [0.05, 0.1) is 14.2 Å². The number of methoxy groups -OCH3 is 2. The van der Waals surface area contributed by atoms with Gasteiger partial charge in [-0.15, -0.1) is 0 Å². The normalized spacial score (nSPS) is 12.5. The molecule has 0 spiro atoms. The summed E-state index contributed by atoms with van der Waals surface area (Å²) in [6.45, 7) is 6.16. The number of nitrogens with zero attached hydrogens (tertiary/aromatic N) is 1. The highest BCUT2D eigenvalue weighted by molar-refractivity contribution is 5.87. The summed E-state index contributed by atoms with van der Waals surface area (Å²) < 4.78 is 10.6. The van der Waals surface area contributed by atoms with Gasteiger partial charge in [-0.05, 0) is 49.9 Å². The summed E-state index contributed by atoms with van der Waals surface area (Å²) in [7, 11) is 3.18. The lowest BCUT2D eigenvalue weighted by molar-refractivity contribution is -0.140. The van der Waals surface area contributed by atoms with E-state index in [0.29, 0.717) is 30.9 Å². The average Bonchev–Trinajstić information content (AvgIpc) is 2.80. The van der Waals surface area contributed by atoms with Gasteiger partial charge in [-0.25, -0.2) is 0 Å². The van der Waals surface area contributed by atoms with Gasteiger partial charge in [-0.3, -0.25) is 9.59 Å². The Labute approximate surface area is 185 Å². The van der Waals surface area contributed by atoms with E-state index in [1.807, 2.05) is 62.4 Å². The summed E-state index contributed by atoms with van der Waals surface area (Å²) in [4.78, 5) is 27.6. The van der Waals surface area contributed by atoms with Gasteiger partial charge in [0.2, 0.25) is 11.8 Å². The Morgan fingerprint density at radius 1 is 0.968 bits per heavy atom. The molecule has 0 saturated heterocycles. The second kappa shape index (κ2) is 12.0. The number of ether oxygens (including phenoxy) is 2. The van der Waals surface area contributed by atoms with E-state index < -0.39 is 6.04 Å². The smallest absolute Gasteiger partial charge is 0.242 e. The molecule has 0 aliphatic carbocycles. The van der Waals surface area contributed by atoms with Gasteiger partial charge >= 0.3 is 0 Å². The molecule has 6 nitrogen and oxygen atoms in total. The third-order valence-electron chi connectivity index (χ3n) is 5.44. The first-order valence-electron chi connectivity index (χ1n) is 10.7. The van der Waals surface area contributed by atoms with Gasteiger partial charge in [0.1, 0.15) is 6.04 Å². The van der Waals surface area contributed by atoms with Crippen molar-refractivity contribution >= 4 is 11.8 Å². The van der Waals surface area contributed by atoms with Crippen molar-refractivity contribution in [1.29, 1.82) is 0 Å². The zero-order valence-corrected chi connectivity index (χ0v) is 19.2. The van der Waals surface area contributed by atoms with Crippen molar-refractivity contribution in [2.24, 2.45) is 0 Å². The van der Waals surface area contributed by atoms with Crippen molar-refractivity contribution in [3.8, 4) is 11.5 Å². The maximum Gasteiger partial charge on any atom is 0.242 e. The molecule has 0 bridgehead atoms. The van der Waals surface area contributed by atoms with Crippen molar-refractivity contribution in [2.45, 2.75) is 58.7 Å². The van der Waals surface area contributed by atoms with E-state index in [0.717, 1.165) is 17.5 Å². The Kier molecular flexibility index (Phi) is 9.38. The van der Waals surface area contributed by atoms with Crippen LogP contribution in [0.3, 0.4) is 0 Å². The van der Waals surface area contributed by atoms with Crippen LogP contribution in [0.2, 0.25) is 0 Å². The number of hydrogen-bond donors (Lipinski definition) is 1. The molecule has 31 heavy (non-hydrogen) atoms. The van der Waals surface area contributed by atoms with Gasteiger partial charge in [0.25, 0.3) is 0 Å². The summed E-state index contributed by atoms with van der Waals surface area (Å²) in [5.74, 6) is 1.09. The second-order valence-corrected chi connectivity index (χ2v) is 7.69. The molecule has 168 valence electrons. The van der Waals surface area contributed by atoms with Crippen molar-refractivity contribution in [2.75, 3.05) is 14.2 Å². The molecule has 0 heterocycles. The molecule has 0 aliphatic rings. The molecular weight excluding hydrogens is 392 g/mol. The number of nitrogens with one attached hydrogen (secondary N) is 1. The first-order valence-corrected chi connectivity index (χ1v) is 10.7. The van der Waals surface area contributed by atoms with Crippen LogP contribution >= 0.6 is 0 Å². The zero-order valence-electron chi connectivity index (χ0n) is 19.2. The highest BCUT2D eigenvalue weighted by Crippen LogP contribution is 2.28. The number of carbonyl (C=O) groups is 2. The lowest BCUT2D eigenvalue weighted by atomic mass is 10.1. The van der Waals surface area contributed by atoms with Crippen LogP contribution in [0.5, 0.6) is 11.5 Å². The predicted molar refractivity (Wildman–Crippen MR) is 122 cm³/mol. The fourth-order valence-electron chi connectivity index (χ4n) is 3.26. The van der Waals surface area contributed by atoms with Crippen LogP contribution in [0.15, 0.2) is 48.5 Å². The molecule has 0 aromatic heterocycles. The maximum absolute atomic E-state index is 13.2. The second-order valence-electron chi connectivity index (χ2n) is 7.69. The van der Waals surface area contributed by atoms with Crippen molar-refractivity contribution in [3.05, 3.63) is 59.7 Å². The maximum atomic E-state index is 13.2. The molecule has 0 saturated carbocycles. The van der Waals surface area contributed by atoms with Crippen LogP contribution in [0.4, 0.5) is 0 Å². The minimum atomic E-state index is -0.563. The first kappa shape index (κ1) is 24.3. The third-order valence-corrected chi connectivity index (χ3v) is 5.44. The Morgan fingerprint density at radius 3 is 2.26 bits per heavy atom. The van der Waals surface area contributed by atoms with Crippen LogP contribution in [0.1, 0.15) is 44.7 Å². The Balaban J connectivity index is 2.14. The Hall–Kier alpha value is -3.02. The fourth-order valence-corrected chi connectivity index (χ4v) is 3.26.